The summed E-state index contributed by atoms with van der Waals surface area (Å²) in [6.07, 6.45) is -4.58. The summed E-state index contributed by atoms with van der Waals surface area (Å²) in [7, 11) is 0. The smallest absolute Gasteiger partial charge is 0.363 e. The molecule has 0 aromatic heterocycles. The molecule has 1 aliphatic heterocycles. The van der Waals surface area contributed by atoms with E-state index in [0.29, 0.717) is 5.56 Å². The predicted molar refractivity (Wildman–Crippen MR) is 111 cm³/mol. The van der Waals surface area contributed by atoms with Crippen molar-refractivity contribution in [2.75, 3.05) is 0 Å². The fraction of sp³-hybridized carbons (Fsp3) is 0.304. The lowest BCUT2D eigenvalue weighted by molar-refractivity contribution is -0.141. The van der Waals surface area contributed by atoms with Gasteiger partial charge in [0.25, 0.3) is 5.91 Å². The van der Waals surface area contributed by atoms with E-state index in [4.69, 9.17) is 5.73 Å². The van der Waals surface area contributed by atoms with Crippen molar-refractivity contribution in [2.45, 2.75) is 44.1 Å². The van der Waals surface area contributed by atoms with Crippen LogP contribution in [0.15, 0.2) is 54.6 Å². The fourth-order valence-corrected chi connectivity index (χ4v) is 3.82. The summed E-state index contributed by atoms with van der Waals surface area (Å²) < 4.78 is 40.1. The van der Waals surface area contributed by atoms with E-state index in [1.54, 1.807) is 30.3 Å². The number of primary amides is 1. The van der Waals surface area contributed by atoms with Crippen molar-refractivity contribution < 1.29 is 32.3 Å². The normalized spacial score (nSPS) is 17.0. The molecule has 3 rings (SSSR count). The Kier molecular flexibility index (Phi) is 7.15. The first-order valence-corrected chi connectivity index (χ1v) is 10.2. The molecule has 0 bridgehead atoms. The highest BCUT2D eigenvalue weighted by molar-refractivity contribution is 6.38. The monoisotopic (exact) mass is 461 g/mol. The van der Waals surface area contributed by atoms with E-state index >= 15 is 0 Å². The van der Waals surface area contributed by atoms with Gasteiger partial charge in [-0.25, -0.2) is 0 Å². The fourth-order valence-electron chi connectivity index (χ4n) is 3.82. The number of rotatable bonds is 8. The number of hydrogen-bond acceptors (Lipinski definition) is 4. The molecule has 1 aliphatic rings. The first-order valence-electron chi connectivity index (χ1n) is 10.2. The third kappa shape index (κ3) is 5.76. The number of carbonyl (C=O) groups is 4. The van der Waals surface area contributed by atoms with Gasteiger partial charge in [0.05, 0.1) is 5.56 Å². The molecule has 33 heavy (non-hydrogen) atoms. The Labute approximate surface area is 187 Å². The van der Waals surface area contributed by atoms with Crippen LogP contribution in [0.25, 0.3) is 0 Å². The quantitative estimate of drug-likeness (QED) is 0.586. The molecule has 2 aromatic carbocycles. The maximum Gasteiger partial charge on any atom is 0.416 e. The molecule has 7 nitrogen and oxygen atoms in total. The number of carbonyl (C=O) groups excluding carboxylic acids is 4. The van der Waals surface area contributed by atoms with E-state index < -0.39 is 53.9 Å². The molecule has 0 spiro atoms. The number of alkyl halides is 3. The molecular formula is C23H22F3N3O4. The number of hydrogen-bond donors (Lipinski definition) is 2. The Morgan fingerprint density at radius 1 is 1.06 bits per heavy atom. The first-order chi connectivity index (χ1) is 15.6. The number of halogens is 3. The second-order valence-electron chi connectivity index (χ2n) is 7.71. The zero-order valence-electron chi connectivity index (χ0n) is 17.5. The Hall–Kier alpha value is -3.69. The van der Waals surface area contributed by atoms with Crippen molar-refractivity contribution in [3.05, 3.63) is 71.3 Å². The maximum atomic E-state index is 13.4. The van der Waals surface area contributed by atoms with E-state index in [1.165, 1.54) is 18.2 Å². The Bertz CT molecular complexity index is 1060. The van der Waals surface area contributed by atoms with Crippen molar-refractivity contribution in [3.63, 3.8) is 0 Å². The summed E-state index contributed by atoms with van der Waals surface area (Å²) in [5.41, 5.74) is 4.74. The standard InChI is InChI=1S/C23H22F3N3O4/c24-23(25,26)16-9-5-4-8-15(16)13-29-18(10-11-19(29)30)22(33)28-17(20(31)21(27)32)12-14-6-2-1-3-7-14/h1-9,17-18H,10-13H2,(H2,27,32)(H,28,33). The highest BCUT2D eigenvalue weighted by atomic mass is 19.4. The molecule has 0 aliphatic carbocycles. The van der Waals surface area contributed by atoms with Crippen molar-refractivity contribution >= 4 is 23.5 Å². The van der Waals surface area contributed by atoms with Crippen LogP contribution in [-0.2, 0) is 38.3 Å². The molecule has 2 unspecified atom stereocenters. The lowest BCUT2D eigenvalue weighted by atomic mass is 10.0. The van der Waals surface area contributed by atoms with Crippen molar-refractivity contribution in [1.29, 1.82) is 0 Å². The summed E-state index contributed by atoms with van der Waals surface area (Å²) in [5, 5.41) is 2.46. The average molecular weight is 461 g/mol. The first kappa shape index (κ1) is 24.0. The minimum Gasteiger partial charge on any atom is -0.363 e. The molecule has 1 saturated heterocycles. The highest BCUT2D eigenvalue weighted by Crippen LogP contribution is 2.33. The topological polar surface area (TPSA) is 110 Å². The van der Waals surface area contributed by atoms with Gasteiger partial charge in [-0.05, 0) is 23.6 Å². The van der Waals surface area contributed by atoms with Crippen molar-refractivity contribution in [3.8, 4) is 0 Å². The number of likely N-dealkylation sites (tertiary alicyclic amines) is 1. The van der Waals surface area contributed by atoms with E-state index in [0.717, 1.165) is 11.0 Å². The number of nitrogens with two attached hydrogens (primary N) is 1. The van der Waals surface area contributed by atoms with Crippen LogP contribution in [0.3, 0.4) is 0 Å². The summed E-state index contributed by atoms with van der Waals surface area (Å²) in [6, 6.07) is 11.1. The van der Waals surface area contributed by atoms with Crippen molar-refractivity contribution in [1.82, 2.24) is 10.2 Å². The highest BCUT2D eigenvalue weighted by Gasteiger charge is 2.40. The van der Waals surface area contributed by atoms with E-state index in [1.807, 2.05) is 0 Å². The van der Waals surface area contributed by atoms with Crippen molar-refractivity contribution in [2.24, 2.45) is 5.73 Å². The van der Waals surface area contributed by atoms with Crippen LogP contribution in [0, 0.1) is 0 Å². The summed E-state index contributed by atoms with van der Waals surface area (Å²) in [6.45, 7) is -0.417. The molecule has 2 aromatic rings. The van der Waals surface area contributed by atoms with Crippen LogP contribution in [0.2, 0.25) is 0 Å². The zero-order valence-corrected chi connectivity index (χ0v) is 17.5. The number of amides is 3. The SMILES string of the molecule is NC(=O)C(=O)C(Cc1ccccc1)NC(=O)C1CCC(=O)N1Cc1ccccc1C(F)(F)F. The van der Waals surface area contributed by atoms with Crippen LogP contribution >= 0.6 is 0 Å². The van der Waals surface area contributed by atoms with Gasteiger partial charge >= 0.3 is 6.18 Å². The lowest BCUT2D eigenvalue weighted by Crippen LogP contribution is -2.53. The Balaban J connectivity index is 1.80. The minimum atomic E-state index is -4.62. The molecule has 0 radical (unpaired) electrons. The third-order valence-electron chi connectivity index (χ3n) is 5.45. The maximum absolute atomic E-state index is 13.4. The number of Topliss-reactive ketones (excluding diaryl/α,β-unsaturated/α-hetero) is 1. The van der Waals surface area contributed by atoms with E-state index in [-0.39, 0.29) is 24.8 Å². The van der Waals surface area contributed by atoms with Gasteiger partial charge in [-0.15, -0.1) is 0 Å². The van der Waals surface area contributed by atoms with Gasteiger partial charge in [-0.1, -0.05) is 48.5 Å². The summed E-state index contributed by atoms with van der Waals surface area (Å²) in [4.78, 5) is 50.2. The van der Waals surface area contributed by atoms with Crippen LogP contribution in [0.5, 0.6) is 0 Å². The van der Waals surface area contributed by atoms with Gasteiger partial charge in [0.1, 0.15) is 12.1 Å². The second kappa shape index (κ2) is 9.85. The molecule has 0 saturated carbocycles. The molecule has 1 fully saturated rings. The van der Waals surface area contributed by atoms with Gasteiger partial charge in [-0.2, -0.15) is 13.2 Å². The summed E-state index contributed by atoms with van der Waals surface area (Å²) >= 11 is 0. The number of ketones is 1. The van der Waals surface area contributed by atoms with Crippen LogP contribution in [0.1, 0.15) is 29.5 Å². The van der Waals surface area contributed by atoms with Crippen LogP contribution in [-0.4, -0.2) is 40.5 Å². The molecule has 10 heteroatoms. The van der Waals surface area contributed by atoms with Gasteiger partial charge in [0.2, 0.25) is 17.6 Å². The van der Waals surface area contributed by atoms with Gasteiger partial charge in [-0.3, -0.25) is 19.2 Å². The molecule has 174 valence electrons. The third-order valence-corrected chi connectivity index (χ3v) is 5.45. The minimum absolute atomic E-state index is 0.00801. The van der Waals surface area contributed by atoms with Crippen LogP contribution in [0.4, 0.5) is 13.2 Å². The van der Waals surface area contributed by atoms with E-state index in [2.05, 4.69) is 5.32 Å². The Morgan fingerprint density at radius 3 is 2.33 bits per heavy atom. The number of nitrogens with zero attached hydrogens (tertiary/aromatic N) is 1. The Morgan fingerprint density at radius 2 is 1.70 bits per heavy atom. The zero-order chi connectivity index (χ0) is 24.2. The van der Waals surface area contributed by atoms with E-state index in [9.17, 15) is 32.3 Å². The molecule has 3 N–H and O–H groups in total. The molecule has 1 heterocycles. The molecule has 3 amide bonds. The largest absolute Gasteiger partial charge is 0.416 e. The van der Waals surface area contributed by atoms with Gasteiger partial charge in [0, 0.05) is 19.4 Å². The number of benzene rings is 2. The second-order valence-corrected chi connectivity index (χ2v) is 7.71. The van der Waals surface area contributed by atoms with Gasteiger partial charge < -0.3 is 16.0 Å². The summed E-state index contributed by atoms with van der Waals surface area (Å²) in [5.74, 6) is -3.45. The lowest BCUT2D eigenvalue weighted by Gasteiger charge is -2.27. The average Bonchev–Trinajstić information content (AvgIpc) is 3.13. The molecule has 2 atom stereocenters. The predicted octanol–water partition coefficient (Wildman–Crippen LogP) is 1.98. The number of nitrogens with one attached hydrogen (secondary N) is 1. The molecular weight excluding hydrogens is 439 g/mol. The van der Waals surface area contributed by atoms with Gasteiger partial charge in [0.15, 0.2) is 0 Å². The van der Waals surface area contributed by atoms with Crippen LogP contribution < -0.4 is 11.1 Å².